The molecule has 0 saturated carbocycles. The van der Waals surface area contributed by atoms with Gasteiger partial charge in [0.05, 0.1) is 10.0 Å². The van der Waals surface area contributed by atoms with E-state index in [1.165, 1.54) is 24.5 Å². The van der Waals surface area contributed by atoms with Crippen molar-refractivity contribution < 1.29 is 9.59 Å². The molecular formula is C19H24Cl2N2O2. The molecule has 1 aliphatic carbocycles. The van der Waals surface area contributed by atoms with Crippen LogP contribution in [0, 0.1) is 0 Å². The number of amides is 2. The van der Waals surface area contributed by atoms with E-state index in [2.05, 4.69) is 11.4 Å². The number of benzene rings is 1. The number of halogens is 2. The molecular weight excluding hydrogens is 359 g/mol. The standard InChI is InChI=1S/C19H24Cl2N2O2/c1-14(24)23(11-9-15-5-3-2-4-6-15)12-10-22-19(25)16-7-8-17(20)18(21)13-16/h5,7-8,13H,2-4,6,9-12H2,1H3,(H,22,25). The summed E-state index contributed by atoms with van der Waals surface area (Å²) in [5.41, 5.74) is 1.90. The molecule has 0 radical (unpaired) electrons. The van der Waals surface area contributed by atoms with Crippen molar-refractivity contribution in [3.8, 4) is 0 Å². The average molecular weight is 383 g/mol. The van der Waals surface area contributed by atoms with E-state index in [-0.39, 0.29) is 11.8 Å². The summed E-state index contributed by atoms with van der Waals surface area (Å²) in [4.78, 5) is 25.7. The number of carbonyl (C=O) groups is 2. The highest BCUT2D eigenvalue weighted by molar-refractivity contribution is 6.42. The van der Waals surface area contributed by atoms with Crippen molar-refractivity contribution in [2.24, 2.45) is 0 Å². The molecule has 4 nitrogen and oxygen atoms in total. The fourth-order valence-electron chi connectivity index (χ4n) is 2.88. The Morgan fingerprint density at radius 3 is 2.60 bits per heavy atom. The maximum absolute atomic E-state index is 12.1. The number of nitrogens with zero attached hydrogens (tertiary/aromatic N) is 1. The molecule has 0 bridgehead atoms. The van der Waals surface area contributed by atoms with Crippen LogP contribution in [0.5, 0.6) is 0 Å². The van der Waals surface area contributed by atoms with Crippen molar-refractivity contribution in [3.63, 3.8) is 0 Å². The average Bonchev–Trinajstić information content (AvgIpc) is 2.60. The third kappa shape index (κ3) is 6.37. The Morgan fingerprint density at radius 1 is 1.16 bits per heavy atom. The van der Waals surface area contributed by atoms with Gasteiger partial charge < -0.3 is 10.2 Å². The second-order valence-corrected chi connectivity index (χ2v) is 7.06. The van der Waals surface area contributed by atoms with Crippen LogP contribution in [-0.2, 0) is 4.79 Å². The van der Waals surface area contributed by atoms with E-state index in [0.717, 1.165) is 19.3 Å². The highest BCUT2D eigenvalue weighted by Crippen LogP contribution is 2.22. The van der Waals surface area contributed by atoms with Crippen LogP contribution >= 0.6 is 23.2 Å². The van der Waals surface area contributed by atoms with Crippen LogP contribution in [0.15, 0.2) is 29.8 Å². The Balaban J connectivity index is 1.80. The van der Waals surface area contributed by atoms with Gasteiger partial charge in [0, 0.05) is 32.1 Å². The van der Waals surface area contributed by atoms with Crippen molar-refractivity contribution in [2.45, 2.75) is 39.0 Å². The fourth-order valence-corrected chi connectivity index (χ4v) is 3.18. The highest BCUT2D eigenvalue weighted by atomic mass is 35.5. The SMILES string of the molecule is CC(=O)N(CCNC(=O)c1ccc(Cl)c(Cl)c1)CCC1=CCCCC1. The van der Waals surface area contributed by atoms with Crippen LogP contribution in [0.3, 0.4) is 0 Å². The van der Waals surface area contributed by atoms with Crippen molar-refractivity contribution in [3.05, 3.63) is 45.5 Å². The number of hydrogen-bond donors (Lipinski definition) is 1. The Labute approximate surface area is 159 Å². The lowest BCUT2D eigenvalue weighted by atomic mass is 9.97. The molecule has 1 aliphatic rings. The van der Waals surface area contributed by atoms with Crippen molar-refractivity contribution in [1.29, 1.82) is 0 Å². The molecule has 0 atom stereocenters. The molecule has 0 fully saturated rings. The van der Waals surface area contributed by atoms with Crippen LogP contribution in [0.4, 0.5) is 0 Å². The molecule has 2 rings (SSSR count). The maximum Gasteiger partial charge on any atom is 0.251 e. The summed E-state index contributed by atoms with van der Waals surface area (Å²) in [6, 6.07) is 4.76. The predicted octanol–water partition coefficient (Wildman–Crippen LogP) is 4.46. The van der Waals surface area contributed by atoms with E-state index in [4.69, 9.17) is 23.2 Å². The van der Waals surface area contributed by atoms with Gasteiger partial charge >= 0.3 is 0 Å². The molecule has 0 aromatic heterocycles. The van der Waals surface area contributed by atoms with E-state index in [1.807, 2.05) is 0 Å². The van der Waals surface area contributed by atoms with Crippen molar-refractivity contribution >= 4 is 35.0 Å². The van der Waals surface area contributed by atoms with E-state index in [9.17, 15) is 9.59 Å². The van der Waals surface area contributed by atoms with Gasteiger partial charge in [-0.2, -0.15) is 0 Å². The van der Waals surface area contributed by atoms with Crippen molar-refractivity contribution in [2.75, 3.05) is 19.6 Å². The quantitative estimate of drug-likeness (QED) is 0.707. The van der Waals surface area contributed by atoms with Crippen LogP contribution < -0.4 is 5.32 Å². The summed E-state index contributed by atoms with van der Waals surface area (Å²) >= 11 is 11.8. The van der Waals surface area contributed by atoms with Crippen molar-refractivity contribution in [1.82, 2.24) is 10.2 Å². The largest absolute Gasteiger partial charge is 0.350 e. The lowest BCUT2D eigenvalue weighted by Gasteiger charge is -2.23. The summed E-state index contributed by atoms with van der Waals surface area (Å²) in [5.74, 6) is -0.197. The second kappa shape index (κ2) is 9.83. The highest BCUT2D eigenvalue weighted by Gasteiger charge is 2.12. The smallest absolute Gasteiger partial charge is 0.251 e. The van der Waals surface area contributed by atoms with Gasteiger partial charge in [-0.3, -0.25) is 9.59 Å². The van der Waals surface area contributed by atoms with E-state index in [1.54, 1.807) is 24.0 Å². The molecule has 6 heteroatoms. The third-order valence-corrected chi connectivity index (χ3v) is 5.12. The third-order valence-electron chi connectivity index (χ3n) is 4.38. The van der Waals surface area contributed by atoms with Crippen LogP contribution in [-0.4, -0.2) is 36.3 Å². The number of nitrogens with one attached hydrogen (secondary N) is 1. The minimum Gasteiger partial charge on any atom is -0.350 e. The Bertz CT molecular complexity index is 659. The molecule has 25 heavy (non-hydrogen) atoms. The zero-order valence-corrected chi connectivity index (χ0v) is 16.0. The predicted molar refractivity (Wildman–Crippen MR) is 102 cm³/mol. The Morgan fingerprint density at radius 2 is 1.96 bits per heavy atom. The first-order valence-electron chi connectivity index (χ1n) is 8.64. The van der Waals surface area contributed by atoms with Gasteiger partial charge in [0.2, 0.25) is 5.91 Å². The van der Waals surface area contributed by atoms with E-state index >= 15 is 0 Å². The van der Waals surface area contributed by atoms with Gasteiger partial charge in [-0.05, 0) is 50.3 Å². The Hall–Kier alpha value is -1.52. The molecule has 136 valence electrons. The van der Waals surface area contributed by atoms with Gasteiger partial charge in [-0.25, -0.2) is 0 Å². The molecule has 1 aromatic rings. The summed E-state index contributed by atoms with van der Waals surface area (Å²) in [6.45, 7) is 3.16. The first kappa shape index (κ1) is 19.8. The van der Waals surface area contributed by atoms with Gasteiger partial charge in [0.25, 0.3) is 5.91 Å². The van der Waals surface area contributed by atoms with Crippen LogP contribution in [0.25, 0.3) is 0 Å². The fraction of sp³-hybridized carbons (Fsp3) is 0.474. The number of carbonyl (C=O) groups excluding carboxylic acids is 2. The molecule has 0 aliphatic heterocycles. The van der Waals surface area contributed by atoms with Crippen LogP contribution in [0.2, 0.25) is 10.0 Å². The molecule has 1 N–H and O–H groups in total. The molecule has 0 spiro atoms. The molecule has 0 saturated heterocycles. The van der Waals surface area contributed by atoms with Crippen LogP contribution in [0.1, 0.15) is 49.4 Å². The van der Waals surface area contributed by atoms with Gasteiger partial charge in [0.1, 0.15) is 0 Å². The number of hydrogen-bond acceptors (Lipinski definition) is 2. The minimum atomic E-state index is -0.225. The monoisotopic (exact) mass is 382 g/mol. The molecule has 2 amide bonds. The zero-order valence-electron chi connectivity index (χ0n) is 14.5. The molecule has 0 unspecified atom stereocenters. The maximum atomic E-state index is 12.1. The number of rotatable bonds is 7. The summed E-state index contributed by atoms with van der Waals surface area (Å²) in [5, 5.41) is 3.58. The van der Waals surface area contributed by atoms with Gasteiger partial charge in [-0.15, -0.1) is 0 Å². The van der Waals surface area contributed by atoms with Gasteiger partial charge in [-0.1, -0.05) is 34.9 Å². The lowest BCUT2D eigenvalue weighted by molar-refractivity contribution is -0.128. The zero-order chi connectivity index (χ0) is 18.2. The summed E-state index contributed by atoms with van der Waals surface area (Å²) < 4.78 is 0. The van der Waals surface area contributed by atoms with Gasteiger partial charge in [0.15, 0.2) is 0 Å². The minimum absolute atomic E-state index is 0.0280. The van der Waals surface area contributed by atoms with E-state index in [0.29, 0.717) is 35.2 Å². The first-order chi connectivity index (χ1) is 12.0. The Kier molecular flexibility index (Phi) is 7.79. The lowest BCUT2D eigenvalue weighted by Crippen LogP contribution is -2.38. The van der Waals surface area contributed by atoms with E-state index < -0.39 is 0 Å². The summed E-state index contributed by atoms with van der Waals surface area (Å²) in [6.07, 6.45) is 8.01. The number of allylic oxidation sites excluding steroid dienone is 1. The molecule has 0 heterocycles. The normalized spacial score (nSPS) is 14.0. The second-order valence-electron chi connectivity index (χ2n) is 6.25. The summed E-state index contributed by atoms with van der Waals surface area (Å²) in [7, 11) is 0. The molecule has 1 aromatic carbocycles. The topological polar surface area (TPSA) is 49.4 Å². The first-order valence-corrected chi connectivity index (χ1v) is 9.39.